The fourth-order valence-electron chi connectivity index (χ4n) is 3.01. The van der Waals surface area contributed by atoms with Crippen molar-refractivity contribution in [3.8, 4) is 0 Å². The van der Waals surface area contributed by atoms with E-state index in [1.807, 2.05) is 23.1 Å². The first-order valence-corrected chi connectivity index (χ1v) is 8.30. The summed E-state index contributed by atoms with van der Waals surface area (Å²) in [5.74, 6) is 1.29. The van der Waals surface area contributed by atoms with Crippen molar-refractivity contribution in [3.05, 3.63) is 34.9 Å². The molecule has 0 bridgehead atoms. The van der Waals surface area contributed by atoms with Gasteiger partial charge in [-0.25, -0.2) is 0 Å². The van der Waals surface area contributed by atoms with Crippen LogP contribution < -0.4 is 5.32 Å². The fourth-order valence-corrected chi connectivity index (χ4v) is 3.21. The van der Waals surface area contributed by atoms with E-state index in [1.54, 1.807) is 0 Å². The summed E-state index contributed by atoms with van der Waals surface area (Å²) in [6, 6.07) is 7.77. The number of hydrogen-bond donors (Lipinski definition) is 1. The van der Waals surface area contributed by atoms with Gasteiger partial charge in [0.25, 0.3) is 0 Å². The van der Waals surface area contributed by atoms with Gasteiger partial charge in [0.1, 0.15) is 6.17 Å². The number of benzene rings is 1. The van der Waals surface area contributed by atoms with Crippen LogP contribution in [0.2, 0.25) is 5.02 Å². The molecular weight excluding hydrogens is 284 g/mol. The molecule has 1 aliphatic carbocycles. The lowest BCUT2D eigenvalue weighted by Gasteiger charge is -2.24. The molecule has 21 heavy (non-hydrogen) atoms. The largest absolute Gasteiger partial charge is 0.321 e. The minimum absolute atomic E-state index is 0.0317. The maximum atomic E-state index is 12.8. The molecule has 4 heteroatoms. The SMILES string of the molecule is CCC(C)C1NC(c2cccc(Cl)c2)N(CC2CC2)C1=O. The molecule has 2 fully saturated rings. The normalized spacial score (nSPS) is 27.2. The summed E-state index contributed by atoms with van der Waals surface area (Å²) in [5, 5.41) is 4.26. The van der Waals surface area contributed by atoms with Gasteiger partial charge in [-0.3, -0.25) is 10.1 Å². The first-order chi connectivity index (χ1) is 10.1. The molecule has 1 saturated carbocycles. The van der Waals surface area contributed by atoms with Gasteiger partial charge in [-0.05, 0) is 42.4 Å². The van der Waals surface area contributed by atoms with E-state index in [2.05, 4.69) is 25.2 Å². The van der Waals surface area contributed by atoms with E-state index < -0.39 is 0 Å². The lowest BCUT2D eigenvalue weighted by Crippen LogP contribution is -2.36. The van der Waals surface area contributed by atoms with Crippen LogP contribution >= 0.6 is 11.6 Å². The lowest BCUT2D eigenvalue weighted by molar-refractivity contribution is -0.131. The molecule has 3 unspecified atom stereocenters. The summed E-state index contributed by atoms with van der Waals surface area (Å²) in [5.41, 5.74) is 1.09. The van der Waals surface area contributed by atoms with E-state index in [9.17, 15) is 4.79 Å². The molecule has 1 heterocycles. The molecule has 3 rings (SSSR count). The van der Waals surface area contributed by atoms with Crippen LogP contribution in [0.1, 0.15) is 44.8 Å². The summed E-state index contributed by atoms with van der Waals surface area (Å²) in [7, 11) is 0. The third kappa shape index (κ3) is 3.09. The smallest absolute Gasteiger partial charge is 0.241 e. The highest BCUT2D eigenvalue weighted by Crippen LogP contribution is 2.36. The Labute approximate surface area is 131 Å². The van der Waals surface area contributed by atoms with E-state index in [0.29, 0.717) is 11.8 Å². The molecule has 3 nitrogen and oxygen atoms in total. The van der Waals surface area contributed by atoms with Gasteiger partial charge in [0.05, 0.1) is 6.04 Å². The molecule has 1 saturated heterocycles. The Balaban J connectivity index is 1.86. The minimum atomic E-state index is -0.0715. The van der Waals surface area contributed by atoms with E-state index in [4.69, 9.17) is 11.6 Å². The molecule has 114 valence electrons. The lowest BCUT2D eigenvalue weighted by atomic mass is 9.99. The number of carbonyl (C=O) groups excluding carboxylic acids is 1. The molecule has 0 aromatic heterocycles. The van der Waals surface area contributed by atoms with Gasteiger partial charge >= 0.3 is 0 Å². The summed E-state index contributed by atoms with van der Waals surface area (Å²) < 4.78 is 0. The zero-order chi connectivity index (χ0) is 15.0. The quantitative estimate of drug-likeness (QED) is 0.901. The van der Waals surface area contributed by atoms with Crippen molar-refractivity contribution in [1.29, 1.82) is 0 Å². The van der Waals surface area contributed by atoms with Crippen LogP contribution in [-0.2, 0) is 4.79 Å². The number of carbonyl (C=O) groups is 1. The molecule has 1 aromatic carbocycles. The first-order valence-electron chi connectivity index (χ1n) is 7.92. The van der Waals surface area contributed by atoms with Crippen molar-refractivity contribution in [2.24, 2.45) is 11.8 Å². The highest BCUT2D eigenvalue weighted by Gasteiger charge is 2.43. The maximum Gasteiger partial charge on any atom is 0.241 e. The van der Waals surface area contributed by atoms with Crippen LogP contribution in [-0.4, -0.2) is 23.4 Å². The zero-order valence-corrected chi connectivity index (χ0v) is 13.4. The third-order valence-corrected chi connectivity index (χ3v) is 4.96. The van der Waals surface area contributed by atoms with Crippen LogP contribution in [0.5, 0.6) is 0 Å². The molecule has 0 spiro atoms. The highest BCUT2D eigenvalue weighted by atomic mass is 35.5. The Morgan fingerprint density at radius 2 is 2.19 bits per heavy atom. The Morgan fingerprint density at radius 1 is 1.43 bits per heavy atom. The molecule has 3 atom stereocenters. The topological polar surface area (TPSA) is 32.3 Å². The molecular formula is C17H23ClN2O. The Morgan fingerprint density at radius 3 is 2.81 bits per heavy atom. The van der Waals surface area contributed by atoms with Gasteiger partial charge < -0.3 is 4.90 Å². The zero-order valence-electron chi connectivity index (χ0n) is 12.7. The van der Waals surface area contributed by atoms with Gasteiger partial charge in [0.15, 0.2) is 0 Å². The van der Waals surface area contributed by atoms with Crippen LogP contribution in [0.4, 0.5) is 0 Å². The second kappa shape index (κ2) is 5.98. The molecule has 1 aromatic rings. The van der Waals surface area contributed by atoms with Crippen LogP contribution in [0.25, 0.3) is 0 Å². The van der Waals surface area contributed by atoms with Gasteiger partial charge in [-0.15, -0.1) is 0 Å². The Hall–Kier alpha value is -1.06. The van der Waals surface area contributed by atoms with Crippen molar-refractivity contribution >= 4 is 17.5 Å². The molecule has 0 radical (unpaired) electrons. The Bertz CT molecular complexity index is 529. The summed E-state index contributed by atoms with van der Waals surface area (Å²) in [6.07, 6.45) is 3.47. The van der Waals surface area contributed by atoms with E-state index in [0.717, 1.165) is 23.6 Å². The predicted octanol–water partition coefficient (Wildman–Crippen LogP) is 3.60. The third-order valence-electron chi connectivity index (χ3n) is 4.73. The van der Waals surface area contributed by atoms with Gasteiger partial charge in [-0.2, -0.15) is 0 Å². The number of nitrogens with one attached hydrogen (secondary N) is 1. The van der Waals surface area contributed by atoms with Crippen molar-refractivity contribution in [3.63, 3.8) is 0 Å². The number of hydrogen-bond acceptors (Lipinski definition) is 2. The van der Waals surface area contributed by atoms with Crippen molar-refractivity contribution in [2.45, 2.75) is 45.3 Å². The summed E-state index contributed by atoms with van der Waals surface area (Å²) in [6.45, 7) is 5.15. The van der Waals surface area contributed by atoms with Gasteiger partial charge in [-0.1, -0.05) is 44.0 Å². The molecule has 1 N–H and O–H groups in total. The van der Waals surface area contributed by atoms with Crippen LogP contribution in [0.15, 0.2) is 24.3 Å². The van der Waals surface area contributed by atoms with Gasteiger partial charge in [0.2, 0.25) is 5.91 Å². The van der Waals surface area contributed by atoms with Crippen molar-refractivity contribution in [1.82, 2.24) is 10.2 Å². The highest BCUT2D eigenvalue weighted by molar-refractivity contribution is 6.30. The van der Waals surface area contributed by atoms with Crippen LogP contribution in [0.3, 0.4) is 0 Å². The molecule has 1 aliphatic heterocycles. The average Bonchev–Trinajstić information content (AvgIpc) is 3.23. The number of nitrogens with zero attached hydrogens (tertiary/aromatic N) is 1. The standard InChI is InChI=1S/C17H23ClN2O/c1-3-11(2)15-17(21)20(10-12-7-8-12)16(19-15)13-5-4-6-14(18)9-13/h4-6,9,11-12,15-16,19H,3,7-8,10H2,1-2H3. The van der Waals surface area contributed by atoms with E-state index in [-0.39, 0.29) is 18.1 Å². The van der Waals surface area contributed by atoms with Crippen molar-refractivity contribution in [2.75, 3.05) is 6.54 Å². The molecule has 2 aliphatic rings. The number of rotatable bonds is 5. The second-order valence-corrected chi connectivity index (χ2v) is 6.86. The number of halogens is 1. The van der Waals surface area contributed by atoms with E-state index >= 15 is 0 Å². The van der Waals surface area contributed by atoms with E-state index in [1.165, 1.54) is 12.8 Å². The fraction of sp³-hybridized carbons (Fsp3) is 0.588. The molecule has 1 amide bonds. The summed E-state index contributed by atoms with van der Waals surface area (Å²) in [4.78, 5) is 14.8. The van der Waals surface area contributed by atoms with Crippen molar-refractivity contribution < 1.29 is 4.79 Å². The van der Waals surface area contributed by atoms with Gasteiger partial charge in [0, 0.05) is 11.6 Å². The maximum absolute atomic E-state index is 12.8. The van der Waals surface area contributed by atoms with Crippen LogP contribution in [0, 0.1) is 11.8 Å². The second-order valence-electron chi connectivity index (χ2n) is 6.42. The predicted molar refractivity (Wildman–Crippen MR) is 85.0 cm³/mol. The monoisotopic (exact) mass is 306 g/mol. The minimum Gasteiger partial charge on any atom is -0.321 e. The average molecular weight is 307 g/mol. The summed E-state index contributed by atoms with van der Waals surface area (Å²) >= 11 is 6.12. The Kier molecular flexibility index (Phi) is 4.23. The number of amides is 1. The first kappa shape index (κ1) is 14.9.